The Bertz CT molecular complexity index is 492. The number of carbonyl (C=O) groups excluding carboxylic acids is 1. The zero-order valence-corrected chi connectivity index (χ0v) is 14.3. The van der Waals surface area contributed by atoms with Crippen LogP contribution < -0.4 is 0 Å². The van der Waals surface area contributed by atoms with Crippen LogP contribution in [0.3, 0.4) is 0 Å². The zero-order chi connectivity index (χ0) is 16.2. The average molecular weight is 304 g/mol. The van der Waals surface area contributed by atoms with Gasteiger partial charge in [-0.05, 0) is 39.4 Å². The number of benzene rings is 1. The molecule has 122 valence electrons. The van der Waals surface area contributed by atoms with Gasteiger partial charge < -0.3 is 9.64 Å². The van der Waals surface area contributed by atoms with Gasteiger partial charge in [-0.3, -0.25) is 9.69 Å². The summed E-state index contributed by atoms with van der Waals surface area (Å²) in [6.45, 7) is 6.87. The Morgan fingerprint density at radius 1 is 1.23 bits per heavy atom. The van der Waals surface area contributed by atoms with Crippen molar-refractivity contribution in [3.8, 4) is 0 Å². The highest BCUT2D eigenvalue weighted by atomic mass is 16.5. The predicted octanol–water partition coefficient (Wildman–Crippen LogP) is 2.11. The van der Waals surface area contributed by atoms with Crippen LogP contribution in [0.2, 0.25) is 0 Å². The van der Waals surface area contributed by atoms with Crippen molar-refractivity contribution in [2.24, 2.45) is 0 Å². The van der Waals surface area contributed by atoms with E-state index in [0.29, 0.717) is 26.3 Å². The first-order chi connectivity index (χ1) is 10.5. The molecule has 0 aromatic heterocycles. The summed E-state index contributed by atoms with van der Waals surface area (Å²) in [7, 11) is 4.02. The van der Waals surface area contributed by atoms with E-state index in [2.05, 4.69) is 43.0 Å². The van der Waals surface area contributed by atoms with E-state index in [4.69, 9.17) is 4.74 Å². The van der Waals surface area contributed by atoms with Crippen LogP contribution in [0.25, 0.3) is 0 Å². The SMILES string of the molecule is CCC(Cc1ccc(C)cc1)(C(=O)N1CCOCC1)N(C)C. The molecule has 1 saturated heterocycles. The van der Waals surface area contributed by atoms with E-state index in [1.54, 1.807) is 0 Å². The highest BCUT2D eigenvalue weighted by Crippen LogP contribution is 2.26. The normalized spacial score (nSPS) is 18.3. The molecule has 0 saturated carbocycles. The molecular formula is C18H28N2O2. The minimum Gasteiger partial charge on any atom is -0.378 e. The van der Waals surface area contributed by atoms with Gasteiger partial charge >= 0.3 is 0 Å². The monoisotopic (exact) mass is 304 g/mol. The smallest absolute Gasteiger partial charge is 0.243 e. The van der Waals surface area contributed by atoms with Gasteiger partial charge in [0.25, 0.3) is 0 Å². The summed E-state index contributed by atoms with van der Waals surface area (Å²) < 4.78 is 5.38. The number of nitrogens with zero attached hydrogens (tertiary/aromatic N) is 2. The lowest BCUT2D eigenvalue weighted by molar-refractivity contribution is -0.147. The maximum atomic E-state index is 13.2. The van der Waals surface area contributed by atoms with Crippen molar-refractivity contribution < 1.29 is 9.53 Å². The van der Waals surface area contributed by atoms with E-state index in [1.165, 1.54) is 11.1 Å². The molecule has 1 aromatic rings. The van der Waals surface area contributed by atoms with Gasteiger partial charge in [0, 0.05) is 13.1 Å². The molecular weight excluding hydrogens is 276 g/mol. The number of ether oxygens (including phenoxy) is 1. The molecule has 4 nitrogen and oxygen atoms in total. The van der Waals surface area contributed by atoms with Crippen LogP contribution in [-0.2, 0) is 16.0 Å². The fourth-order valence-electron chi connectivity index (χ4n) is 3.12. The van der Waals surface area contributed by atoms with Gasteiger partial charge in [0.2, 0.25) is 5.91 Å². The summed E-state index contributed by atoms with van der Waals surface area (Å²) in [6.07, 6.45) is 1.54. The number of amides is 1. The fourth-order valence-corrected chi connectivity index (χ4v) is 3.12. The molecule has 22 heavy (non-hydrogen) atoms. The lowest BCUT2D eigenvalue weighted by Crippen LogP contribution is -2.60. The highest BCUT2D eigenvalue weighted by Gasteiger charge is 2.42. The van der Waals surface area contributed by atoms with E-state index < -0.39 is 5.54 Å². The molecule has 0 bridgehead atoms. The Kier molecular flexibility index (Phi) is 5.59. The van der Waals surface area contributed by atoms with Crippen molar-refractivity contribution >= 4 is 5.91 Å². The third kappa shape index (κ3) is 3.50. The molecule has 1 atom stereocenters. The molecule has 0 radical (unpaired) electrons. The minimum absolute atomic E-state index is 0.226. The summed E-state index contributed by atoms with van der Waals surface area (Å²) in [4.78, 5) is 17.2. The summed E-state index contributed by atoms with van der Waals surface area (Å²) in [5, 5.41) is 0. The van der Waals surface area contributed by atoms with Crippen LogP contribution in [0.5, 0.6) is 0 Å². The van der Waals surface area contributed by atoms with Crippen molar-refractivity contribution in [2.75, 3.05) is 40.4 Å². The first-order valence-corrected chi connectivity index (χ1v) is 8.09. The molecule has 1 fully saturated rings. The van der Waals surface area contributed by atoms with Crippen molar-refractivity contribution in [1.29, 1.82) is 0 Å². The lowest BCUT2D eigenvalue weighted by Gasteiger charge is -2.42. The lowest BCUT2D eigenvalue weighted by atomic mass is 9.85. The van der Waals surface area contributed by atoms with Gasteiger partial charge in [0.1, 0.15) is 5.54 Å². The van der Waals surface area contributed by atoms with Crippen LogP contribution >= 0.6 is 0 Å². The van der Waals surface area contributed by atoms with E-state index in [9.17, 15) is 4.79 Å². The molecule has 0 aliphatic carbocycles. The van der Waals surface area contributed by atoms with Crippen LogP contribution in [0.1, 0.15) is 24.5 Å². The van der Waals surface area contributed by atoms with E-state index in [0.717, 1.165) is 12.8 Å². The Hall–Kier alpha value is -1.39. The second-order valence-corrected chi connectivity index (χ2v) is 6.35. The van der Waals surface area contributed by atoms with E-state index in [1.807, 2.05) is 19.0 Å². The molecule has 1 amide bonds. The van der Waals surface area contributed by atoms with Gasteiger partial charge in [-0.1, -0.05) is 36.8 Å². The van der Waals surface area contributed by atoms with Crippen LogP contribution in [0, 0.1) is 6.92 Å². The standard InChI is InChI=1S/C18H28N2O2/c1-5-18(19(3)4,14-16-8-6-15(2)7-9-16)17(21)20-10-12-22-13-11-20/h6-9H,5,10-14H2,1-4H3. The third-order valence-corrected chi connectivity index (χ3v) is 4.75. The van der Waals surface area contributed by atoms with Crippen molar-refractivity contribution in [1.82, 2.24) is 9.80 Å². The van der Waals surface area contributed by atoms with Gasteiger partial charge in [-0.15, -0.1) is 0 Å². The van der Waals surface area contributed by atoms with Gasteiger partial charge in [0.05, 0.1) is 13.2 Å². The Labute approximate surface area is 134 Å². The molecule has 1 aromatic carbocycles. The first kappa shape index (κ1) is 17.0. The number of carbonyl (C=O) groups is 1. The molecule has 1 unspecified atom stereocenters. The molecule has 1 aliphatic heterocycles. The first-order valence-electron chi connectivity index (χ1n) is 8.09. The third-order valence-electron chi connectivity index (χ3n) is 4.75. The summed E-state index contributed by atoms with van der Waals surface area (Å²) in [6, 6.07) is 8.50. The summed E-state index contributed by atoms with van der Waals surface area (Å²) in [5.74, 6) is 0.226. The average Bonchev–Trinajstić information content (AvgIpc) is 2.54. The van der Waals surface area contributed by atoms with E-state index in [-0.39, 0.29) is 5.91 Å². The fraction of sp³-hybridized carbons (Fsp3) is 0.611. The number of hydrogen-bond acceptors (Lipinski definition) is 3. The van der Waals surface area contributed by atoms with Crippen LogP contribution in [0.15, 0.2) is 24.3 Å². The number of likely N-dealkylation sites (N-methyl/N-ethyl adjacent to an activating group) is 1. The molecule has 0 spiro atoms. The zero-order valence-electron chi connectivity index (χ0n) is 14.3. The molecule has 4 heteroatoms. The predicted molar refractivity (Wildman–Crippen MR) is 89.0 cm³/mol. The Balaban J connectivity index is 2.26. The van der Waals surface area contributed by atoms with Crippen LogP contribution in [-0.4, -0.2) is 61.6 Å². The maximum absolute atomic E-state index is 13.2. The maximum Gasteiger partial charge on any atom is 0.243 e. The molecule has 1 heterocycles. The second kappa shape index (κ2) is 7.25. The van der Waals surface area contributed by atoms with Gasteiger partial charge in [-0.25, -0.2) is 0 Å². The van der Waals surface area contributed by atoms with Crippen molar-refractivity contribution in [3.05, 3.63) is 35.4 Å². The number of morpholine rings is 1. The van der Waals surface area contributed by atoms with Gasteiger partial charge in [-0.2, -0.15) is 0 Å². The van der Waals surface area contributed by atoms with E-state index >= 15 is 0 Å². The molecule has 1 aliphatic rings. The number of aryl methyl sites for hydroxylation is 1. The Morgan fingerprint density at radius 2 is 1.82 bits per heavy atom. The topological polar surface area (TPSA) is 32.8 Å². The van der Waals surface area contributed by atoms with Crippen molar-refractivity contribution in [3.63, 3.8) is 0 Å². The number of rotatable bonds is 5. The quantitative estimate of drug-likeness (QED) is 0.835. The minimum atomic E-state index is -0.480. The van der Waals surface area contributed by atoms with Crippen molar-refractivity contribution in [2.45, 2.75) is 32.2 Å². The largest absolute Gasteiger partial charge is 0.378 e. The summed E-state index contributed by atoms with van der Waals surface area (Å²) in [5.41, 5.74) is 1.98. The second-order valence-electron chi connectivity index (χ2n) is 6.35. The number of hydrogen-bond donors (Lipinski definition) is 0. The highest BCUT2D eigenvalue weighted by molar-refractivity contribution is 5.86. The summed E-state index contributed by atoms with van der Waals surface area (Å²) >= 11 is 0. The molecule has 2 rings (SSSR count). The Morgan fingerprint density at radius 3 is 2.32 bits per heavy atom. The van der Waals surface area contributed by atoms with Gasteiger partial charge in [0.15, 0.2) is 0 Å². The molecule has 0 N–H and O–H groups in total. The van der Waals surface area contributed by atoms with Crippen LogP contribution in [0.4, 0.5) is 0 Å².